The van der Waals surface area contributed by atoms with Gasteiger partial charge in [0.25, 0.3) is 0 Å². The van der Waals surface area contributed by atoms with Crippen molar-refractivity contribution >= 4 is 23.5 Å². The molecule has 3 N–H and O–H groups in total. The third-order valence-electron chi connectivity index (χ3n) is 5.46. The molecule has 2 saturated carbocycles. The van der Waals surface area contributed by atoms with Crippen LogP contribution in [0.1, 0.15) is 16.8 Å². The molecule has 2 aliphatic carbocycles. The van der Waals surface area contributed by atoms with Crippen molar-refractivity contribution < 1.29 is 29.7 Å². The van der Waals surface area contributed by atoms with E-state index in [0.717, 1.165) is 4.90 Å². The van der Waals surface area contributed by atoms with Crippen LogP contribution in [0.25, 0.3) is 0 Å². The summed E-state index contributed by atoms with van der Waals surface area (Å²) in [5.74, 6) is -3.80. The van der Waals surface area contributed by atoms with Crippen molar-refractivity contribution in [2.24, 2.45) is 23.7 Å². The maximum absolute atomic E-state index is 12.7. The Balaban J connectivity index is 1.68. The summed E-state index contributed by atoms with van der Waals surface area (Å²) in [7, 11) is 0. The Morgan fingerprint density at radius 1 is 0.957 bits per heavy atom. The molecule has 2 amide bonds. The van der Waals surface area contributed by atoms with Gasteiger partial charge in [-0.05, 0) is 30.7 Å². The van der Waals surface area contributed by atoms with E-state index in [9.17, 15) is 24.6 Å². The first-order valence-corrected chi connectivity index (χ1v) is 7.49. The molecule has 1 aliphatic heterocycles. The normalized spacial score (nSPS) is 38.3. The van der Waals surface area contributed by atoms with E-state index in [2.05, 4.69) is 0 Å². The number of nitrogens with zero attached hydrogens (tertiary/aromatic N) is 1. The SMILES string of the molecule is O=C(O)c1ccc(N2C(=O)[C@H]3[C@H]4C[C@@H]([C@@H](O)[C@H]4O)[C@@H]3C2=O)cc1. The Labute approximate surface area is 131 Å². The third kappa shape index (κ3) is 1.74. The van der Waals surface area contributed by atoms with E-state index < -0.39 is 30.0 Å². The standard InChI is InChI=1S/C16H15NO6/c18-12-8-5-9(13(12)19)11-10(8)14(20)17(15(11)21)7-3-1-6(2-4-7)16(22)23/h1-4,8-13,18-19H,5H2,(H,22,23)/t8-,9-,10+,11+,12-,13+/m1/s1. The van der Waals surface area contributed by atoms with E-state index in [-0.39, 0.29) is 29.2 Å². The fraction of sp³-hybridized carbons (Fsp3) is 0.438. The number of carbonyl (C=O) groups excluding carboxylic acids is 2. The Morgan fingerprint density at radius 2 is 1.43 bits per heavy atom. The molecule has 7 nitrogen and oxygen atoms in total. The van der Waals surface area contributed by atoms with Gasteiger partial charge in [-0.2, -0.15) is 0 Å². The predicted octanol–water partition coefficient (Wildman–Crippen LogP) is -0.138. The van der Waals surface area contributed by atoms with Gasteiger partial charge >= 0.3 is 5.97 Å². The van der Waals surface area contributed by atoms with E-state index >= 15 is 0 Å². The van der Waals surface area contributed by atoms with E-state index in [0.29, 0.717) is 12.1 Å². The van der Waals surface area contributed by atoms with E-state index in [1.165, 1.54) is 24.3 Å². The quantitative estimate of drug-likeness (QED) is 0.654. The smallest absolute Gasteiger partial charge is 0.335 e. The van der Waals surface area contributed by atoms with Crippen molar-refractivity contribution in [2.75, 3.05) is 4.90 Å². The lowest BCUT2D eigenvalue weighted by Crippen LogP contribution is -2.43. The molecule has 1 aromatic rings. The topological polar surface area (TPSA) is 115 Å². The first-order chi connectivity index (χ1) is 10.9. The van der Waals surface area contributed by atoms with Gasteiger partial charge in [-0.1, -0.05) is 0 Å². The minimum atomic E-state index is -1.09. The van der Waals surface area contributed by atoms with Crippen LogP contribution >= 0.6 is 0 Å². The largest absolute Gasteiger partial charge is 0.478 e. The van der Waals surface area contributed by atoms with E-state index in [1.807, 2.05) is 0 Å². The maximum atomic E-state index is 12.7. The molecular weight excluding hydrogens is 302 g/mol. The number of aliphatic hydroxyl groups is 2. The summed E-state index contributed by atoms with van der Waals surface area (Å²) in [6.07, 6.45) is -1.44. The third-order valence-corrected chi connectivity index (χ3v) is 5.46. The molecule has 2 bridgehead atoms. The first kappa shape index (κ1) is 14.3. The molecule has 7 heteroatoms. The van der Waals surface area contributed by atoms with Gasteiger partial charge in [-0.25, -0.2) is 4.79 Å². The summed E-state index contributed by atoms with van der Waals surface area (Å²) in [5.41, 5.74) is 0.390. The average molecular weight is 317 g/mol. The molecule has 4 rings (SSSR count). The lowest BCUT2D eigenvalue weighted by molar-refractivity contribution is -0.129. The number of benzene rings is 1. The minimum Gasteiger partial charge on any atom is -0.478 e. The van der Waals surface area contributed by atoms with Crippen molar-refractivity contribution in [3.8, 4) is 0 Å². The van der Waals surface area contributed by atoms with Crippen molar-refractivity contribution in [3.63, 3.8) is 0 Å². The number of anilines is 1. The zero-order valence-electron chi connectivity index (χ0n) is 12.0. The molecule has 1 saturated heterocycles. The van der Waals surface area contributed by atoms with Crippen LogP contribution in [0.3, 0.4) is 0 Å². The zero-order chi connectivity index (χ0) is 16.5. The highest BCUT2D eigenvalue weighted by Gasteiger charge is 2.67. The molecule has 1 heterocycles. The Morgan fingerprint density at radius 3 is 1.87 bits per heavy atom. The van der Waals surface area contributed by atoms with Crippen LogP contribution in [-0.2, 0) is 9.59 Å². The summed E-state index contributed by atoms with van der Waals surface area (Å²) < 4.78 is 0. The second-order valence-electron chi connectivity index (χ2n) is 6.46. The lowest BCUT2D eigenvalue weighted by Gasteiger charge is -2.29. The summed E-state index contributed by atoms with van der Waals surface area (Å²) in [5, 5.41) is 28.9. The van der Waals surface area contributed by atoms with Gasteiger partial charge in [0, 0.05) is 11.8 Å². The van der Waals surface area contributed by atoms with Gasteiger partial charge in [-0.15, -0.1) is 0 Å². The maximum Gasteiger partial charge on any atom is 0.335 e. The van der Waals surface area contributed by atoms with Gasteiger partial charge in [0.15, 0.2) is 0 Å². The van der Waals surface area contributed by atoms with Crippen LogP contribution in [0.15, 0.2) is 24.3 Å². The number of carbonyl (C=O) groups is 3. The molecule has 3 fully saturated rings. The summed E-state index contributed by atoms with van der Waals surface area (Å²) in [6.45, 7) is 0. The Bertz CT molecular complexity index is 682. The van der Waals surface area contributed by atoms with Gasteiger partial charge in [-0.3, -0.25) is 14.5 Å². The number of aliphatic hydroxyl groups excluding tert-OH is 2. The Kier molecular flexibility index (Phi) is 2.88. The van der Waals surface area contributed by atoms with Crippen LogP contribution in [-0.4, -0.2) is 45.3 Å². The molecule has 0 aromatic heterocycles. The van der Waals surface area contributed by atoms with Crippen LogP contribution < -0.4 is 4.90 Å². The van der Waals surface area contributed by atoms with Crippen molar-refractivity contribution in [1.29, 1.82) is 0 Å². The molecular formula is C16H15NO6. The number of amides is 2. The molecule has 6 atom stereocenters. The summed E-state index contributed by atoms with van der Waals surface area (Å²) in [4.78, 5) is 37.3. The van der Waals surface area contributed by atoms with Gasteiger partial charge in [0.05, 0.1) is 35.3 Å². The zero-order valence-corrected chi connectivity index (χ0v) is 12.0. The van der Waals surface area contributed by atoms with E-state index in [1.54, 1.807) is 0 Å². The average Bonchev–Trinajstić information content (AvgIpc) is 3.12. The van der Waals surface area contributed by atoms with Crippen molar-refractivity contribution in [3.05, 3.63) is 29.8 Å². The highest BCUT2D eigenvalue weighted by atomic mass is 16.4. The second-order valence-corrected chi connectivity index (χ2v) is 6.46. The van der Waals surface area contributed by atoms with Crippen LogP contribution in [0.4, 0.5) is 5.69 Å². The number of carboxylic acid groups (broad SMARTS) is 1. The molecule has 120 valence electrons. The van der Waals surface area contributed by atoms with Gasteiger partial charge in [0.2, 0.25) is 11.8 Å². The molecule has 0 spiro atoms. The molecule has 0 unspecified atom stereocenters. The van der Waals surface area contributed by atoms with Crippen molar-refractivity contribution in [1.82, 2.24) is 0 Å². The number of fused-ring (bicyclic) bond motifs is 5. The molecule has 0 radical (unpaired) electrons. The number of hydrogen-bond donors (Lipinski definition) is 3. The van der Waals surface area contributed by atoms with Crippen LogP contribution in [0.2, 0.25) is 0 Å². The highest BCUT2D eigenvalue weighted by Crippen LogP contribution is 2.56. The minimum absolute atomic E-state index is 0.0685. The second kappa shape index (κ2) is 4.62. The monoisotopic (exact) mass is 317 g/mol. The van der Waals surface area contributed by atoms with Gasteiger partial charge in [0.1, 0.15) is 0 Å². The summed E-state index contributed by atoms with van der Waals surface area (Å²) >= 11 is 0. The molecule has 23 heavy (non-hydrogen) atoms. The summed E-state index contributed by atoms with van der Waals surface area (Å²) in [6, 6.07) is 5.53. The van der Waals surface area contributed by atoms with Crippen LogP contribution in [0.5, 0.6) is 0 Å². The van der Waals surface area contributed by atoms with Gasteiger partial charge < -0.3 is 15.3 Å². The van der Waals surface area contributed by atoms with Crippen LogP contribution in [0, 0.1) is 23.7 Å². The highest BCUT2D eigenvalue weighted by molar-refractivity contribution is 6.22. The molecule has 1 aromatic carbocycles. The number of hydrogen-bond acceptors (Lipinski definition) is 5. The van der Waals surface area contributed by atoms with E-state index in [4.69, 9.17) is 5.11 Å². The fourth-order valence-electron chi connectivity index (χ4n) is 4.44. The Hall–Kier alpha value is -2.25. The number of aromatic carboxylic acids is 1. The first-order valence-electron chi connectivity index (χ1n) is 7.49. The lowest BCUT2D eigenvalue weighted by atomic mass is 9.78. The predicted molar refractivity (Wildman–Crippen MR) is 76.5 cm³/mol. The number of carboxylic acids is 1. The molecule has 3 aliphatic rings. The number of imide groups is 1. The fourth-order valence-corrected chi connectivity index (χ4v) is 4.44. The van der Waals surface area contributed by atoms with Crippen molar-refractivity contribution in [2.45, 2.75) is 18.6 Å². The number of rotatable bonds is 2.